The van der Waals surface area contributed by atoms with Gasteiger partial charge in [-0.2, -0.15) is 0 Å². The Labute approximate surface area is 153 Å². The Bertz CT molecular complexity index is 697. The molecule has 6 heteroatoms. The fraction of sp³-hybridized carbons (Fsp3) is 0.550. The molecular formula is C20H26FN3O2. The summed E-state index contributed by atoms with van der Waals surface area (Å²) >= 11 is 0. The average molecular weight is 359 g/mol. The van der Waals surface area contributed by atoms with E-state index in [1.54, 1.807) is 18.4 Å². The molecule has 4 rings (SSSR count). The van der Waals surface area contributed by atoms with Crippen molar-refractivity contribution >= 4 is 0 Å². The lowest BCUT2D eigenvalue weighted by Crippen LogP contribution is -2.51. The van der Waals surface area contributed by atoms with E-state index < -0.39 is 0 Å². The van der Waals surface area contributed by atoms with Gasteiger partial charge in [-0.05, 0) is 43.0 Å². The molecule has 2 aliphatic rings. The van der Waals surface area contributed by atoms with Crippen LogP contribution in [0.5, 0.6) is 0 Å². The van der Waals surface area contributed by atoms with Crippen molar-refractivity contribution in [3.8, 4) is 11.5 Å². The molecule has 2 N–H and O–H groups in total. The van der Waals surface area contributed by atoms with Crippen molar-refractivity contribution in [2.24, 2.45) is 5.92 Å². The standard InChI is InChI=1S/C20H26FN3O2/c21-15-6-4-14(5-7-15)20-24-16(12-26-20)8-9-22-18-3-1-2-17(18)19-13-25-11-10-23-19/h4-7,12,17-19,22-23H,1-3,8-11,13H2. The lowest BCUT2D eigenvalue weighted by Gasteiger charge is -2.33. The van der Waals surface area contributed by atoms with Crippen molar-refractivity contribution in [1.82, 2.24) is 15.6 Å². The topological polar surface area (TPSA) is 59.3 Å². The van der Waals surface area contributed by atoms with Gasteiger partial charge >= 0.3 is 0 Å². The maximum Gasteiger partial charge on any atom is 0.226 e. The zero-order valence-corrected chi connectivity index (χ0v) is 14.9. The smallest absolute Gasteiger partial charge is 0.226 e. The third kappa shape index (κ3) is 4.14. The van der Waals surface area contributed by atoms with Crippen molar-refractivity contribution in [2.75, 3.05) is 26.3 Å². The third-order valence-corrected chi connectivity index (χ3v) is 5.47. The van der Waals surface area contributed by atoms with E-state index in [-0.39, 0.29) is 5.82 Å². The van der Waals surface area contributed by atoms with Gasteiger partial charge in [0.25, 0.3) is 0 Å². The molecular weight excluding hydrogens is 333 g/mol. The zero-order chi connectivity index (χ0) is 17.8. The molecule has 1 aliphatic carbocycles. The highest BCUT2D eigenvalue weighted by molar-refractivity contribution is 5.52. The van der Waals surface area contributed by atoms with Crippen LogP contribution in [0.3, 0.4) is 0 Å². The predicted octanol–water partition coefficient (Wildman–Crippen LogP) is 2.77. The van der Waals surface area contributed by atoms with Crippen LogP contribution in [0.2, 0.25) is 0 Å². The van der Waals surface area contributed by atoms with Gasteiger partial charge in [0.1, 0.15) is 12.1 Å². The molecule has 0 bridgehead atoms. The Hall–Kier alpha value is -1.76. The SMILES string of the molecule is Fc1ccc(-c2nc(CCNC3CCCC3C3COCCN3)co2)cc1. The Kier molecular flexibility index (Phi) is 5.62. The van der Waals surface area contributed by atoms with Crippen LogP contribution >= 0.6 is 0 Å². The number of hydrogen-bond acceptors (Lipinski definition) is 5. The first-order valence-corrected chi connectivity index (χ1v) is 9.54. The minimum absolute atomic E-state index is 0.256. The van der Waals surface area contributed by atoms with Gasteiger partial charge in [0.15, 0.2) is 0 Å². The number of morpholine rings is 1. The number of hydrogen-bond donors (Lipinski definition) is 2. The van der Waals surface area contributed by atoms with Gasteiger partial charge in [-0.3, -0.25) is 0 Å². The zero-order valence-electron chi connectivity index (χ0n) is 14.9. The largest absolute Gasteiger partial charge is 0.444 e. The van der Waals surface area contributed by atoms with Gasteiger partial charge in [-0.25, -0.2) is 9.37 Å². The fourth-order valence-corrected chi connectivity index (χ4v) is 4.12. The van der Waals surface area contributed by atoms with E-state index in [2.05, 4.69) is 15.6 Å². The number of aromatic nitrogens is 1. The summed E-state index contributed by atoms with van der Waals surface area (Å²) in [6.07, 6.45) is 6.28. The minimum atomic E-state index is -0.256. The van der Waals surface area contributed by atoms with Crippen LogP contribution in [-0.2, 0) is 11.2 Å². The van der Waals surface area contributed by atoms with E-state index >= 15 is 0 Å². The second-order valence-corrected chi connectivity index (χ2v) is 7.19. The number of nitrogens with zero attached hydrogens (tertiary/aromatic N) is 1. The molecule has 1 aromatic carbocycles. The first-order chi connectivity index (χ1) is 12.8. The van der Waals surface area contributed by atoms with Gasteiger partial charge in [0, 0.05) is 37.2 Å². The van der Waals surface area contributed by atoms with Crippen LogP contribution in [-0.4, -0.2) is 43.4 Å². The van der Waals surface area contributed by atoms with Crippen molar-refractivity contribution in [2.45, 2.75) is 37.8 Å². The first-order valence-electron chi connectivity index (χ1n) is 9.54. The number of oxazole rings is 1. The van der Waals surface area contributed by atoms with Crippen LogP contribution in [0.25, 0.3) is 11.5 Å². The van der Waals surface area contributed by atoms with E-state index in [9.17, 15) is 4.39 Å². The highest BCUT2D eigenvalue weighted by Gasteiger charge is 2.34. The normalized spacial score (nSPS) is 26.3. The number of nitrogens with one attached hydrogen (secondary N) is 2. The van der Waals surface area contributed by atoms with Crippen LogP contribution in [0.15, 0.2) is 34.9 Å². The van der Waals surface area contributed by atoms with Crippen LogP contribution in [0.4, 0.5) is 4.39 Å². The van der Waals surface area contributed by atoms with Crippen molar-refractivity contribution in [1.29, 1.82) is 0 Å². The molecule has 0 amide bonds. The second-order valence-electron chi connectivity index (χ2n) is 7.19. The highest BCUT2D eigenvalue weighted by Crippen LogP contribution is 2.29. The molecule has 5 nitrogen and oxygen atoms in total. The molecule has 3 unspecified atom stereocenters. The lowest BCUT2D eigenvalue weighted by atomic mass is 9.94. The average Bonchev–Trinajstić information content (AvgIpc) is 3.33. The number of halogens is 1. The fourth-order valence-electron chi connectivity index (χ4n) is 4.12. The van der Waals surface area contributed by atoms with Crippen molar-refractivity contribution < 1.29 is 13.5 Å². The summed E-state index contributed by atoms with van der Waals surface area (Å²) in [6, 6.07) is 7.23. The molecule has 1 aliphatic heterocycles. The Morgan fingerprint density at radius 1 is 1.23 bits per heavy atom. The van der Waals surface area contributed by atoms with Crippen molar-refractivity contribution in [3.63, 3.8) is 0 Å². The quantitative estimate of drug-likeness (QED) is 0.831. The molecule has 2 fully saturated rings. The summed E-state index contributed by atoms with van der Waals surface area (Å²) in [7, 11) is 0. The summed E-state index contributed by atoms with van der Waals surface area (Å²) in [5.41, 5.74) is 1.72. The van der Waals surface area contributed by atoms with Crippen LogP contribution < -0.4 is 10.6 Å². The number of benzene rings is 1. The Balaban J connectivity index is 1.28. The van der Waals surface area contributed by atoms with Gasteiger partial charge in [-0.15, -0.1) is 0 Å². The molecule has 0 radical (unpaired) electrons. The van der Waals surface area contributed by atoms with Gasteiger partial charge in [-0.1, -0.05) is 6.42 Å². The molecule has 140 valence electrons. The molecule has 1 saturated carbocycles. The summed E-state index contributed by atoms with van der Waals surface area (Å²) in [6.45, 7) is 3.49. The van der Waals surface area contributed by atoms with E-state index in [0.29, 0.717) is 23.9 Å². The number of rotatable bonds is 6. The molecule has 0 spiro atoms. The van der Waals surface area contributed by atoms with Crippen LogP contribution in [0, 0.1) is 11.7 Å². The van der Waals surface area contributed by atoms with E-state index in [4.69, 9.17) is 9.15 Å². The third-order valence-electron chi connectivity index (χ3n) is 5.47. The molecule has 2 aromatic rings. The highest BCUT2D eigenvalue weighted by atomic mass is 19.1. The Morgan fingerprint density at radius 3 is 2.92 bits per heavy atom. The van der Waals surface area contributed by atoms with Crippen LogP contribution in [0.1, 0.15) is 25.0 Å². The van der Waals surface area contributed by atoms with Gasteiger partial charge in [0.2, 0.25) is 5.89 Å². The Morgan fingerprint density at radius 2 is 2.12 bits per heavy atom. The molecule has 26 heavy (non-hydrogen) atoms. The summed E-state index contributed by atoms with van der Waals surface area (Å²) < 4.78 is 24.2. The summed E-state index contributed by atoms with van der Waals surface area (Å²) in [5, 5.41) is 7.31. The summed E-state index contributed by atoms with van der Waals surface area (Å²) in [5.74, 6) is 0.929. The molecule has 2 heterocycles. The van der Waals surface area contributed by atoms with E-state index in [0.717, 1.165) is 44.0 Å². The monoisotopic (exact) mass is 359 g/mol. The second kappa shape index (κ2) is 8.29. The predicted molar refractivity (Wildman–Crippen MR) is 97.3 cm³/mol. The maximum absolute atomic E-state index is 13.0. The number of ether oxygens (including phenoxy) is 1. The minimum Gasteiger partial charge on any atom is -0.444 e. The lowest BCUT2D eigenvalue weighted by molar-refractivity contribution is 0.0526. The van der Waals surface area contributed by atoms with Crippen molar-refractivity contribution in [3.05, 3.63) is 42.0 Å². The van der Waals surface area contributed by atoms with E-state index in [1.165, 1.54) is 31.4 Å². The van der Waals surface area contributed by atoms with Gasteiger partial charge < -0.3 is 19.8 Å². The molecule has 3 atom stereocenters. The maximum atomic E-state index is 13.0. The van der Waals surface area contributed by atoms with Gasteiger partial charge in [0.05, 0.1) is 18.9 Å². The molecule has 1 saturated heterocycles. The summed E-state index contributed by atoms with van der Waals surface area (Å²) in [4.78, 5) is 4.52. The van der Waals surface area contributed by atoms with E-state index in [1.807, 2.05) is 0 Å². The first kappa shape index (κ1) is 17.6. The molecule has 1 aromatic heterocycles.